The summed E-state index contributed by atoms with van der Waals surface area (Å²) in [6.07, 6.45) is 2.66. The molecule has 3 aromatic heterocycles. The maximum atomic E-state index is 14.9. The van der Waals surface area contributed by atoms with Gasteiger partial charge in [-0.2, -0.15) is 8.78 Å². The van der Waals surface area contributed by atoms with E-state index in [1.54, 1.807) is 19.1 Å². The van der Waals surface area contributed by atoms with Crippen molar-refractivity contribution in [1.29, 1.82) is 0 Å². The van der Waals surface area contributed by atoms with E-state index in [2.05, 4.69) is 19.7 Å². The monoisotopic (exact) mass is 473 g/mol. The number of rotatable bonds is 6. The van der Waals surface area contributed by atoms with Crippen LogP contribution in [0.3, 0.4) is 0 Å². The third-order valence-corrected chi connectivity index (χ3v) is 5.31. The molecule has 0 radical (unpaired) electrons. The highest BCUT2D eigenvalue weighted by Crippen LogP contribution is 2.27. The summed E-state index contributed by atoms with van der Waals surface area (Å²) >= 11 is 0. The number of hydrogen-bond acceptors (Lipinski definition) is 6. The van der Waals surface area contributed by atoms with Crippen LogP contribution in [-0.2, 0) is 19.2 Å². The van der Waals surface area contributed by atoms with Gasteiger partial charge < -0.3 is 9.84 Å². The van der Waals surface area contributed by atoms with Gasteiger partial charge in [0.1, 0.15) is 17.0 Å². The Morgan fingerprint density at radius 2 is 1.85 bits per heavy atom. The standard InChI is InChI=1S/C23H22F3N5O3/c1-12-5-6-17(34-22(25)26)13(7-12)11-31-19-15(20(32)30(31)4)8-16(24)18(29-19)14-9-27-21(28-10-14)23(2,3)33/h5-10,22,33H,11H2,1-4H3. The number of benzene rings is 1. The van der Waals surface area contributed by atoms with E-state index >= 15 is 0 Å². The zero-order valence-electron chi connectivity index (χ0n) is 18.9. The van der Waals surface area contributed by atoms with E-state index in [1.807, 2.05) is 0 Å². The Balaban J connectivity index is 1.84. The molecular weight excluding hydrogens is 451 g/mol. The lowest BCUT2D eigenvalue weighted by Gasteiger charge is -2.15. The molecular formula is C23H22F3N5O3. The summed E-state index contributed by atoms with van der Waals surface area (Å²) in [6.45, 7) is 1.80. The van der Waals surface area contributed by atoms with Crippen molar-refractivity contribution in [1.82, 2.24) is 24.3 Å². The van der Waals surface area contributed by atoms with E-state index in [1.165, 1.54) is 48.7 Å². The van der Waals surface area contributed by atoms with Crippen molar-refractivity contribution in [2.24, 2.45) is 7.05 Å². The summed E-state index contributed by atoms with van der Waals surface area (Å²) < 4.78 is 48.0. The average Bonchev–Trinajstić information content (AvgIpc) is 2.98. The Morgan fingerprint density at radius 3 is 2.47 bits per heavy atom. The molecule has 0 saturated carbocycles. The molecule has 11 heteroatoms. The molecule has 3 heterocycles. The summed E-state index contributed by atoms with van der Waals surface area (Å²) in [7, 11) is 1.48. The third-order valence-electron chi connectivity index (χ3n) is 5.31. The van der Waals surface area contributed by atoms with Crippen LogP contribution in [0.1, 0.15) is 30.8 Å². The molecule has 1 N–H and O–H groups in total. The lowest BCUT2D eigenvalue weighted by Crippen LogP contribution is -2.20. The molecule has 0 amide bonds. The predicted octanol–water partition coefficient (Wildman–Crippen LogP) is 3.52. The number of aryl methyl sites for hydroxylation is 1. The minimum atomic E-state index is -3.02. The van der Waals surface area contributed by atoms with Crippen LogP contribution in [0.4, 0.5) is 13.2 Å². The Bertz CT molecular complexity index is 1420. The van der Waals surface area contributed by atoms with Crippen LogP contribution >= 0.6 is 0 Å². The van der Waals surface area contributed by atoms with Gasteiger partial charge in [-0.3, -0.25) is 14.2 Å². The first-order valence-electron chi connectivity index (χ1n) is 10.3. The van der Waals surface area contributed by atoms with E-state index in [0.29, 0.717) is 5.56 Å². The number of alkyl halides is 2. The van der Waals surface area contributed by atoms with Crippen LogP contribution < -0.4 is 10.3 Å². The van der Waals surface area contributed by atoms with Crippen molar-refractivity contribution in [3.63, 3.8) is 0 Å². The Kier molecular flexibility index (Phi) is 5.90. The second kappa shape index (κ2) is 8.56. The van der Waals surface area contributed by atoms with Crippen LogP contribution in [0, 0.1) is 12.7 Å². The van der Waals surface area contributed by atoms with Gasteiger partial charge in [0.2, 0.25) is 0 Å². The molecule has 0 saturated heterocycles. The van der Waals surface area contributed by atoms with Crippen LogP contribution in [-0.4, -0.2) is 36.0 Å². The Labute approximate surface area is 192 Å². The fourth-order valence-electron chi connectivity index (χ4n) is 3.61. The number of aromatic nitrogens is 5. The Morgan fingerprint density at radius 1 is 1.18 bits per heavy atom. The second-order valence-electron chi connectivity index (χ2n) is 8.42. The van der Waals surface area contributed by atoms with Crippen molar-refractivity contribution in [3.05, 3.63) is 69.8 Å². The number of ether oxygens (including phenoxy) is 1. The molecule has 1 aromatic carbocycles. The molecule has 34 heavy (non-hydrogen) atoms. The van der Waals surface area contributed by atoms with Gasteiger partial charge in [-0.1, -0.05) is 17.7 Å². The first kappa shape index (κ1) is 23.4. The van der Waals surface area contributed by atoms with E-state index < -0.39 is 23.6 Å². The highest BCUT2D eigenvalue weighted by Gasteiger charge is 2.22. The zero-order chi connectivity index (χ0) is 24.8. The van der Waals surface area contributed by atoms with Crippen molar-refractivity contribution in [2.45, 2.75) is 39.5 Å². The number of pyridine rings is 1. The third kappa shape index (κ3) is 4.38. The summed E-state index contributed by atoms with van der Waals surface area (Å²) in [5.74, 6) is -0.632. The molecule has 0 fully saturated rings. The van der Waals surface area contributed by atoms with Gasteiger partial charge in [-0.05, 0) is 32.9 Å². The van der Waals surface area contributed by atoms with Crippen molar-refractivity contribution >= 4 is 11.0 Å². The average molecular weight is 473 g/mol. The first-order valence-corrected chi connectivity index (χ1v) is 10.3. The van der Waals surface area contributed by atoms with Gasteiger partial charge in [-0.25, -0.2) is 19.3 Å². The number of aliphatic hydroxyl groups is 1. The van der Waals surface area contributed by atoms with Gasteiger partial charge in [0, 0.05) is 30.6 Å². The minimum Gasteiger partial charge on any atom is -0.434 e. The minimum absolute atomic E-state index is 0.0226. The molecule has 8 nitrogen and oxygen atoms in total. The molecule has 0 unspecified atom stereocenters. The van der Waals surface area contributed by atoms with E-state index in [-0.39, 0.29) is 40.4 Å². The molecule has 4 rings (SSSR count). The van der Waals surface area contributed by atoms with Crippen molar-refractivity contribution in [2.75, 3.05) is 0 Å². The quantitative estimate of drug-likeness (QED) is 0.461. The number of hydrogen-bond donors (Lipinski definition) is 1. The molecule has 0 spiro atoms. The number of halogens is 3. The maximum absolute atomic E-state index is 14.9. The van der Waals surface area contributed by atoms with E-state index in [0.717, 1.165) is 11.6 Å². The number of nitrogens with zero attached hydrogens (tertiary/aromatic N) is 5. The molecule has 0 bridgehead atoms. The van der Waals surface area contributed by atoms with Crippen molar-refractivity contribution < 1.29 is 23.0 Å². The first-order chi connectivity index (χ1) is 16.0. The predicted molar refractivity (Wildman–Crippen MR) is 118 cm³/mol. The molecule has 178 valence electrons. The molecule has 0 aliphatic heterocycles. The molecule has 0 atom stereocenters. The topological polar surface area (TPSA) is 95.1 Å². The fraction of sp³-hybridized carbons (Fsp3) is 0.304. The van der Waals surface area contributed by atoms with Gasteiger partial charge in [0.15, 0.2) is 17.3 Å². The normalized spacial score (nSPS) is 12.0. The summed E-state index contributed by atoms with van der Waals surface area (Å²) in [5, 5.41) is 10.1. The Hall–Kier alpha value is -3.73. The maximum Gasteiger partial charge on any atom is 0.387 e. The van der Waals surface area contributed by atoms with Gasteiger partial charge in [0.05, 0.1) is 11.9 Å². The fourth-order valence-corrected chi connectivity index (χ4v) is 3.61. The summed E-state index contributed by atoms with van der Waals surface area (Å²) in [4.78, 5) is 25.3. The van der Waals surface area contributed by atoms with Gasteiger partial charge >= 0.3 is 6.61 Å². The van der Waals surface area contributed by atoms with E-state index in [9.17, 15) is 23.1 Å². The second-order valence-corrected chi connectivity index (χ2v) is 8.42. The summed E-state index contributed by atoms with van der Waals surface area (Å²) in [6, 6.07) is 5.81. The molecule has 0 aliphatic carbocycles. The molecule has 0 aliphatic rings. The van der Waals surface area contributed by atoms with Crippen molar-refractivity contribution in [3.8, 4) is 17.0 Å². The SMILES string of the molecule is Cc1ccc(OC(F)F)c(Cn2c3nc(-c4cnc(C(C)(C)O)nc4)c(F)cc3c(=O)n2C)c1. The van der Waals surface area contributed by atoms with Crippen LogP contribution in [0.25, 0.3) is 22.3 Å². The summed E-state index contributed by atoms with van der Waals surface area (Å²) in [5.41, 5.74) is -0.263. The van der Waals surface area contributed by atoms with Gasteiger partial charge in [-0.15, -0.1) is 0 Å². The van der Waals surface area contributed by atoms with Crippen LogP contribution in [0.2, 0.25) is 0 Å². The highest BCUT2D eigenvalue weighted by atomic mass is 19.3. The largest absolute Gasteiger partial charge is 0.434 e. The highest BCUT2D eigenvalue weighted by molar-refractivity contribution is 5.78. The smallest absolute Gasteiger partial charge is 0.387 e. The number of fused-ring (bicyclic) bond motifs is 1. The molecule has 4 aromatic rings. The zero-order valence-corrected chi connectivity index (χ0v) is 18.9. The van der Waals surface area contributed by atoms with E-state index in [4.69, 9.17) is 0 Å². The van der Waals surface area contributed by atoms with Crippen LogP contribution in [0.5, 0.6) is 5.75 Å². The lowest BCUT2D eigenvalue weighted by atomic mass is 10.1. The van der Waals surface area contributed by atoms with Gasteiger partial charge in [0.25, 0.3) is 5.56 Å². The van der Waals surface area contributed by atoms with Crippen LogP contribution in [0.15, 0.2) is 41.5 Å². The lowest BCUT2D eigenvalue weighted by molar-refractivity contribution is -0.0505.